The maximum atomic E-state index is 8.85. The first-order valence-electron chi connectivity index (χ1n) is 4.28. The van der Waals surface area contributed by atoms with Crippen molar-refractivity contribution in [1.29, 1.82) is 5.26 Å². The first-order valence-corrected chi connectivity index (χ1v) is 6.82. The Hall–Kier alpha value is -0.0156. The van der Waals surface area contributed by atoms with Gasteiger partial charge in [-0.1, -0.05) is 46.3 Å². The van der Waals surface area contributed by atoms with Gasteiger partial charge in [0.15, 0.2) is 0 Å². The van der Waals surface area contributed by atoms with Crippen molar-refractivity contribution in [3.63, 3.8) is 0 Å². The largest absolute Gasteiger partial charge is 0.244 e. The number of aromatic nitrogens is 1. The van der Waals surface area contributed by atoms with Crippen LogP contribution < -0.4 is 0 Å². The summed E-state index contributed by atoms with van der Waals surface area (Å²) in [5.74, 6) is -0.237. The molecule has 16 heavy (non-hydrogen) atoms. The minimum absolute atomic E-state index is 0. The van der Waals surface area contributed by atoms with Crippen molar-refractivity contribution >= 4 is 34.2 Å². The summed E-state index contributed by atoms with van der Waals surface area (Å²) in [4.78, 5) is 5.88. The third-order valence-electron chi connectivity index (χ3n) is 1.72. The number of alkyl halides is 1. The van der Waals surface area contributed by atoms with E-state index in [1.54, 1.807) is 18.3 Å². The summed E-state index contributed by atoms with van der Waals surface area (Å²) in [6, 6.07) is 5.75. The van der Waals surface area contributed by atoms with Crippen molar-refractivity contribution in [2.24, 2.45) is 0 Å². The summed E-state index contributed by atoms with van der Waals surface area (Å²) in [6.45, 7) is 3.59. The molecule has 0 aliphatic carbocycles. The van der Waals surface area contributed by atoms with Crippen LogP contribution >= 0.6 is 34.2 Å². The second-order valence-corrected chi connectivity index (χ2v) is 2.95. The van der Waals surface area contributed by atoms with Crippen LogP contribution in [0.3, 0.4) is 0 Å². The first-order chi connectivity index (χ1) is 7.29. The number of pyridine rings is 1. The molecule has 0 aliphatic heterocycles. The average Bonchev–Trinajstić information content (AvgIpc) is 2.30. The van der Waals surface area contributed by atoms with E-state index in [0.717, 1.165) is 5.56 Å². The molecule has 2 nitrogen and oxygen atoms in total. The molecule has 1 unspecified atom stereocenters. The minimum atomic E-state index is -0.237. The van der Waals surface area contributed by atoms with Gasteiger partial charge in [-0.15, -0.1) is 6.58 Å². The van der Waals surface area contributed by atoms with Crippen LogP contribution in [0.25, 0.3) is 0 Å². The predicted octanol–water partition coefficient (Wildman–Crippen LogP) is 3.97. The Morgan fingerprint density at radius 2 is 2.31 bits per heavy atom. The summed E-state index contributed by atoms with van der Waals surface area (Å²) in [6.07, 6.45) is 3.91. The molecule has 1 aromatic heterocycles. The fourth-order valence-corrected chi connectivity index (χ4v) is 1.33. The van der Waals surface area contributed by atoms with Crippen molar-refractivity contribution in [3.8, 4) is 6.07 Å². The molecular formula is C11H12ClIN2V. The summed E-state index contributed by atoms with van der Waals surface area (Å²) >= 11 is 7.99. The smallest absolute Gasteiger partial charge is 0.133 e. The number of hydrogen-bond donors (Lipinski definition) is 0. The topological polar surface area (TPSA) is 36.7 Å². The van der Waals surface area contributed by atoms with Crippen molar-refractivity contribution in [1.82, 2.24) is 4.98 Å². The van der Waals surface area contributed by atoms with Crippen molar-refractivity contribution < 1.29 is 18.6 Å². The Morgan fingerprint density at radius 1 is 1.69 bits per heavy atom. The number of hydrogen-bond acceptors (Lipinski definition) is 2. The molecule has 85 valence electrons. The van der Waals surface area contributed by atoms with Crippen molar-refractivity contribution in [2.45, 2.75) is 12.3 Å². The molecule has 0 saturated carbocycles. The van der Waals surface area contributed by atoms with Crippen LogP contribution in [0.5, 0.6) is 0 Å². The molecule has 0 amide bonds. The Bertz CT molecular complexity index is 352. The Morgan fingerprint density at radius 3 is 2.75 bits per heavy atom. The van der Waals surface area contributed by atoms with E-state index in [-0.39, 0.29) is 24.5 Å². The number of rotatable bonds is 3. The standard InChI is InChI=1S/C10H9ClN2.CH3I.V/c1-2-4-8(7-12)9-5-3-6-13-10(9)11;1-2;/h2-3,5-6,8H,1,4H2;1H3;. The maximum absolute atomic E-state index is 8.85. The number of allylic oxidation sites excluding steroid dienone is 1. The molecule has 1 radical (unpaired) electrons. The molecule has 0 fully saturated rings. The number of nitriles is 1. The van der Waals surface area contributed by atoms with E-state index in [1.165, 1.54) is 0 Å². The number of nitrogens with zero attached hydrogens (tertiary/aromatic N) is 2. The third-order valence-corrected chi connectivity index (χ3v) is 2.04. The Kier molecular flexibility index (Phi) is 13.2. The molecule has 1 rings (SSSR count). The van der Waals surface area contributed by atoms with Gasteiger partial charge in [-0.25, -0.2) is 4.98 Å². The van der Waals surface area contributed by atoms with Gasteiger partial charge in [0.2, 0.25) is 0 Å². The quantitative estimate of drug-likeness (QED) is 0.342. The Labute approximate surface area is 127 Å². The average molecular weight is 386 g/mol. The van der Waals surface area contributed by atoms with E-state index in [0.29, 0.717) is 11.6 Å². The molecule has 5 heteroatoms. The molecule has 0 aliphatic rings. The zero-order valence-corrected chi connectivity index (χ0v) is 13.2. The summed E-state index contributed by atoms with van der Waals surface area (Å²) in [5, 5.41) is 9.25. The van der Waals surface area contributed by atoms with Gasteiger partial charge in [0, 0.05) is 30.3 Å². The molecular weight excluding hydrogens is 373 g/mol. The second kappa shape index (κ2) is 11.5. The van der Waals surface area contributed by atoms with Gasteiger partial charge < -0.3 is 0 Å². The molecule has 0 aromatic carbocycles. The van der Waals surface area contributed by atoms with E-state index < -0.39 is 0 Å². The predicted molar refractivity (Wildman–Crippen MR) is 72.4 cm³/mol. The van der Waals surface area contributed by atoms with Crippen molar-refractivity contribution in [2.75, 3.05) is 4.93 Å². The maximum Gasteiger partial charge on any atom is 0.133 e. The summed E-state index contributed by atoms with van der Waals surface area (Å²) in [5.41, 5.74) is 0.770. The van der Waals surface area contributed by atoms with Gasteiger partial charge in [0.1, 0.15) is 5.15 Å². The molecule has 1 heterocycles. The van der Waals surface area contributed by atoms with Crippen LogP contribution in [0, 0.1) is 11.3 Å². The molecule has 0 bridgehead atoms. The molecule has 0 spiro atoms. The van der Waals surface area contributed by atoms with Gasteiger partial charge in [0.05, 0.1) is 12.0 Å². The zero-order valence-electron chi connectivity index (χ0n) is 8.90. The Balaban J connectivity index is 0. The number of halogens is 2. The van der Waals surface area contributed by atoms with Gasteiger partial charge in [-0.05, 0) is 17.4 Å². The van der Waals surface area contributed by atoms with Crippen LogP contribution in [0.1, 0.15) is 17.9 Å². The van der Waals surface area contributed by atoms with E-state index in [1.807, 2.05) is 11.0 Å². The normalized spacial score (nSPS) is 9.88. The van der Waals surface area contributed by atoms with E-state index >= 15 is 0 Å². The van der Waals surface area contributed by atoms with Crippen molar-refractivity contribution in [3.05, 3.63) is 41.7 Å². The van der Waals surface area contributed by atoms with Gasteiger partial charge in [-0.2, -0.15) is 5.26 Å². The first kappa shape index (κ1) is 18.4. The van der Waals surface area contributed by atoms with Crippen LogP contribution in [-0.2, 0) is 18.6 Å². The molecule has 0 N–H and O–H groups in total. The van der Waals surface area contributed by atoms with E-state index in [4.69, 9.17) is 16.9 Å². The van der Waals surface area contributed by atoms with Gasteiger partial charge in [-0.3, -0.25) is 0 Å². The van der Waals surface area contributed by atoms with Gasteiger partial charge >= 0.3 is 0 Å². The van der Waals surface area contributed by atoms with Crippen LogP contribution in [0.4, 0.5) is 0 Å². The monoisotopic (exact) mass is 385 g/mol. The van der Waals surface area contributed by atoms with Gasteiger partial charge in [0.25, 0.3) is 0 Å². The zero-order chi connectivity index (χ0) is 11.7. The fourth-order valence-electron chi connectivity index (χ4n) is 1.07. The third kappa shape index (κ3) is 5.90. The molecule has 1 aromatic rings. The molecule has 0 saturated heterocycles. The fraction of sp³-hybridized carbons (Fsp3) is 0.273. The van der Waals surface area contributed by atoms with E-state index in [9.17, 15) is 0 Å². The van der Waals surface area contributed by atoms with Crippen LogP contribution in [-0.4, -0.2) is 9.91 Å². The summed E-state index contributed by atoms with van der Waals surface area (Å²) in [7, 11) is 0. The SMILES string of the molecule is C=CCC(C#N)c1cccnc1Cl.CI.[V]. The van der Waals surface area contributed by atoms with E-state index in [2.05, 4.69) is 40.2 Å². The second-order valence-electron chi connectivity index (χ2n) is 2.59. The van der Waals surface area contributed by atoms with Crippen LogP contribution in [0.2, 0.25) is 5.15 Å². The van der Waals surface area contributed by atoms with Crippen LogP contribution in [0.15, 0.2) is 31.0 Å². The summed E-state index contributed by atoms with van der Waals surface area (Å²) < 4.78 is 0. The molecule has 1 atom stereocenters. The minimum Gasteiger partial charge on any atom is -0.244 e.